The van der Waals surface area contributed by atoms with E-state index in [4.69, 9.17) is 0 Å². The molecular weight excluding hydrogens is 156 g/mol. The van der Waals surface area contributed by atoms with Crippen LogP contribution >= 0.6 is 0 Å². The van der Waals surface area contributed by atoms with Gasteiger partial charge in [-0.15, -0.1) is 0 Å². The van der Waals surface area contributed by atoms with Gasteiger partial charge in [0, 0.05) is 0 Å². The highest BCUT2D eigenvalue weighted by atomic mass is 14.7. The van der Waals surface area contributed by atoms with Crippen molar-refractivity contribution in [1.82, 2.24) is 0 Å². The summed E-state index contributed by atoms with van der Waals surface area (Å²) < 4.78 is 0. The standard InChI is InChI=1S/C13H26/c1-7-12-11(6)13(12,8-2)10(5)9(3)4/h9-12H,7-8H2,1-6H3. The fourth-order valence-corrected chi connectivity index (χ4v) is 3.77. The van der Waals surface area contributed by atoms with Gasteiger partial charge in [-0.05, 0) is 35.5 Å². The van der Waals surface area contributed by atoms with Crippen LogP contribution in [0.4, 0.5) is 0 Å². The van der Waals surface area contributed by atoms with Crippen LogP contribution in [0.25, 0.3) is 0 Å². The van der Waals surface area contributed by atoms with E-state index in [0.29, 0.717) is 5.41 Å². The van der Waals surface area contributed by atoms with E-state index in [1.165, 1.54) is 12.8 Å². The van der Waals surface area contributed by atoms with Crippen molar-refractivity contribution < 1.29 is 0 Å². The third kappa shape index (κ3) is 1.43. The Balaban J connectivity index is 2.74. The normalized spacial score (nSPS) is 40.8. The van der Waals surface area contributed by atoms with Gasteiger partial charge in [-0.3, -0.25) is 0 Å². The maximum absolute atomic E-state index is 2.46. The topological polar surface area (TPSA) is 0 Å². The van der Waals surface area contributed by atoms with Gasteiger partial charge in [0.15, 0.2) is 0 Å². The molecular formula is C13H26. The summed E-state index contributed by atoms with van der Waals surface area (Å²) in [6, 6.07) is 0. The highest BCUT2D eigenvalue weighted by Crippen LogP contribution is 2.67. The highest BCUT2D eigenvalue weighted by Gasteiger charge is 2.61. The molecule has 0 spiro atoms. The Hall–Kier alpha value is 0. The molecule has 0 aliphatic heterocycles. The Bertz CT molecular complexity index is 171. The maximum atomic E-state index is 2.46. The predicted molar refractivity (Wildman–Crippen MR) is 59.7 cm³/mol. The summed E-state index contributed by atoms with van der Waals surface area (Å²) in [7, 11) is 0. The number of hydrogen-bond donors (Lipinski definition) is 0. The Morgan fingerprint density at radius 1 is 1.15 bits per heavy atom. The fraction of sp³-hybridized carbons (Fsp3) is 1.00. The average molecular weight is 182 g/mol. The Kier molecular flexibility index (Phi) is 3.09. The summed E-state index contributed by atoms with van der Waals surface area (Å²) in [6.45, 7) is 14.4. The zero-order valence-electron chi connectivity index (χ0n) is 10.2. The van der Waals surface area contributed by atoms with Crippen LogP contribution in [-0.2, 0) is 0 Å². The van der Waals surface area contributed by atoms with Gasteiger partial charge < -0.3 is 0 Å². The largest absolute Gasteiger partial charge is 0.0651 e. The van der Waals surface area contributed by atoms with Crippen molar-refractivity contribution in [2.75, 3.05) is 0 Å². The summed E-state index contributed by atoms with van der Waals surface area (Å²) in [5.74, 6) is 3.73. The van der Waals surface area contributed by atoms with Gasteiger partial charge >= 0.3 is 0 Å². The van der Waals surface area contributed by atoms with Crippen molar-refractivity contribution in [2.24, 2.45) is 29.1 Å². The summed E-state index contributed by atoms with van der Waals surface area (Å²) in [6.07, 6.45) is 2.76. The molecule has 4 unspecified atom stereocenters. The van der Waals surface area contributed by atoms with Crippen LogP contribution in [0.2, 0.25) is 0 Å². The minimum absolute atomic E-state index is 0.697. The van der Waals surface area contributed by atoms with Gasteiger partial charge in [0.2, 0.25) is 0 Å². The second-order valence-electron chi connectivity index (χ2n) is 5.30. The lowest BCUT2D eigenvalue weighted by atomic mass is 9.77. The predicted octanol–water partition coefficient (Wildman–Crippen LogP) is 4.35. The first-order valence-corrected chi connectivity index (χ1v) is 6.02. The lowest BCUT2D eigenvalue weighted by Gasteiger charge is -2.28. The molecule has 0 aromatic rings. The summed E-state index contributed by atoms with van der Waals surface area (Å²) in [5, 5.41) is 0. The number of hydrogen-bond acceptors (Lipinski definition) is 0. The van der Waals surface area contributed by atoms with E-state index in [1.54, 1.807) is 0 Å². The molecule has 78 valence electrons. The Morgan fingerprint density at radius 2 is 1.69 bits per heavy atom. The van der Waals surface area contributed by atoms with Gasteiger partial charge in [0.1, 0.15) is 0 Å². The van der Waals surface area contributed by atoms with E-state index in [-0.39, 0.29) is 0 Å². The van der Waals surface area contributed by atoms with Gasteiger partial charge in [0.05, 0.1) is 0 Å². The van der Waals surface area contributed by atoms with Crippen LogP contribution in [0.15, 0.2) is 0 Å². The van der Waals surface area contributed by atoms with Crippen LogP contribution in [-0.4, -0.2) is 0 Å². The molecule has 0 aromatic carbocycles. The molecule has 0 nitrogen and oxygen atoms in total. The molecule has 13 heavy (non-hydrogen) atoms. The lowest BCUT2D eigenvalue weighted by Crippen LogP contribution is -2.21. The molecule has 0 N–H and O–H groups in total. The molecule has 1 fully saturated rings. The third-order valence-electron chi connectivity index (χ3n) is 4.93. The zero-order valence-corrected chi connectivity index (χ0v) is 10.2. The number of rotatable bonds is 4. The molecule has 1 aliphatic rings. The first-order chi connectivity index (χ1) is 6.02. The molecule has 0 aromatic heterocycles. The molecule has 4 atom stereocenters. The third-order valence-corrected chi connectivity index (χ3v) is 4.93. The van der Waals surface area contributed by atoms with E-state index in [9.17, 15) is 0 Å². The van der Waals surface area contributed by atoms with Crippen LogP contribution in [0.1, 0.15) is 54.4 Å². The maximum Gasteiger partial charge on any atom is -0.0213 e. The van der Waals surface area contributed by atoms with Crippen molar-refractivity contribution in [3.8, 4) is 0 Å². The second kappa shape index (κ2) is 3.63. The van der Waals surface area contributed by atoms with Gasteiger partial charge in [-0.1, -0.05) is 48.0 Å². The van der Waals surface area contributed by atoms with Gasteiger partial charge in [-0.25, -0.2) is 0 Å². The van der Waals surface area contributed by atoms with Gasteiger partial charge in [0.25, 0.3) is 0 Å². The quantitative estimate of drug-likeness (QED) is 0.606. The minimum Gasteiger partial charge on any atom is -0.0651 e. The molecule has 0 saturated heterocycles. The first kappa shape index (κ1) is 11.1. The van der Waals surface area contributed by atoms with Crippen LogP contribution in [0, 0.1) is 29.1 Å². The molecule has 0 radical (unpaired) electrons. The molecule has 1 rings (SSSR count). The summed E-state index contributed by atoms with van der Waals surface area (Å²) >= 11 is 0. The van der Waals surface area contributed by atoms with E-state index in [1.807, 2.05) is 0 Å². The molecule has 0 heterocycles. The Morgan fingerprint density at radius 3 is 1.92 bits per heavy atom. The Labute approximate surface area is 84.1 Å². The first-order valence-electron chi connectivity index (χ1n) is 6.02. The van der Waals surface area contributed by atoms with Crippen molar-refractivity contribution >= 4 is 0 Å². The highest BCUT2D eigenvalue weighted by molar-refractivity contribution is 5.09. The zero-order chi connectivity index (χ0) is 10.2. The fourth-order valence-electron chi connectivity index (χ4n) is 3.77. The van der Waals surface area contributed by atoms with E-state index in [0.717, 1.165) is 23.7 Å². The van der Waals surface area contributed by atoms with Crippen molar-refractivity contribution in [1.29, 1.82) is 0 Å². The van der Waals surface area contributed by atoms with Crippen molar-refractivity contribution in [2.45, 2.75) is 54.4 Å². The van der Waals surface area contributed by atoms with Crippen molar-refractivity contribution in [3.05, 3.63) is 0 Å². The van der Waals surface area contributed by atoms with E-state index in [2.05, 4.69) is 41.5 Å². The molecule has 0 heteroatoms. The SMILES string of the molecule is CCC1C(C)C1(CC)C(C)C(C)C. The van der Waals surface area contributed by atoms with Crippen LogP contribution in [0.3, 0.4) is 0 Å². The molecule has 1 saturated carbocycles. The van der Waals surface area contributed by atoms with E-state index < -0.39 is 0 Å². The van der Waals surface area contributed by atoms with Gasteiger partial charge in [-0.2, -0.15) is 0 Å². The monoisotopic (exact) mass is 182 g/mol. The van der Waals surface area contributed by atoms with Crippen LogP contribution < -0.4 is 0 Å². The summed E-state index contributed by atoms with van der Waals surface area (Å²) in [4.78, 5) is 0. The average Bonchev–Trinajstić information content (AvgIpc) is 2.69. The minimum atomic E-state index is 0.697. The molecule has 0 amide bonds. The molecule has 1 aliphatic carbocycles. The smallest absolute Gasteiger partial charge is 0.0213 e. The lowest BCUT2D eigenvalue weighted by molar-refractivity contribution is 0.210. The summed E-state index contributed by atoms with van der Waals surface area (Å²) in [5.41, 5.74) is 0.697. The van der Waals surface area contributed by atoms with Crippen molar-refractivity contribution in [3.63, 3.8) is 0 Å². The van der Waals surface area contributed by atoms with E-state index >= 15 is 0 Å². The van der Waals surface area contributed by atoms with Crippen LogP contribution in [0.5, 0.6) is 0 Å². The molecule has 0 bridgehead atoms. The second-order valence-corrected chi connectivity index (χ2v) is 5.30.